The van der Waals surface area contributed by atoms with E-state index in [1.807, 2.05) is 0 Å². The number of rotatable bonds is 12. The Hall–Kier alpha value is -4.13. The molecule has 13 nitrogen and oxygen atoms in total. The highest BCUT2D eigenvalue weighted by Crippen LogP contribution is 3.02. The molecule has 4 fully saturated rings. The number of piperazine rings is 1. The SMILES string of the molecule is C[C@@H]1CN(CCOC2CCC(N3C(=S)N(c4ccc(C#N)c(S(F)(F)(F)(F)F)c4)C(=O)C3(C)C)CC2)C[C@H](C)N1CC(=O)Nc1cccc(NC2CCC(=O)NC2=O)c1.Cl. The van der Waals surface area contributed by atoms with E-state index in [0.717, 1.165) is 24.1 Å². The van der Waals surface area contributed by atoms with Crippen LogP contribution in [0.1, 0.15) is 71.8 Å². The lowest BCUT2D eigenvalue weighted by Gasteiger charge is -2.44. The fourth-order valence-corrected chi connectivity index (χ4v) is 10.0. The number of nitrogens with one attached hydrogen (secondary N) is 3. The molecule has 1 saturated carbocycles. The first kappa shape index (κ1) is 46.9. The van der Waals surface area contributed by atoms with Gasteiger partial charge >= 0.3 is 10.2 Å². The van der Waals surface area contributed by atoms with E-state index < -0.39 is 43.9 Å². The Bertz CT molecular complexity index is 2060. The third kappa shape index (κ3) is 10.5. The van der Waals surface area contributed by atoms with Gasteiger partial charge in [0.05, 0.1) is 30.5 Å². The number of hydrogen-bond donors (Lipinski definition) is 3. The number of nitriles is 1. The Morgan fingerprint density at radius 1 is 0.983 bits per heavy atom. The number of anilines is 3. The van der Waals surface area contributed by atoms with Gasteiger partial charge in [0, 0.05) is 55.6 Å². The Kier molecular flexibility index (Phi) is 13.3. The van der Waals surface area contributed by atoms with E-state index >= 15 is 0 Å². The average molecular weight is 905 g/mol. The molecule has 4 amide bonds. The second kappa shape index (κ2) is 17.0. The highest BCUT2D eigenvalue weighted by molar-refractivity contribution is 8.45. The van der Waals surface area contributed by atoms with Gasteiger partial charge in [-0.1, -0.05) is 25.5 Å². The molecule has 2 aromatic rings. The molecule has 0 radical (unpaired) electrons. The molecule has 3 heterocycles. The van der Waals surface area contributed by atoms with Gasteiger partial charge in [0.25, 0.3) is 5.91 Å². The van der Waals surface area contributed by atoms with Crippen molar-refractivity contribution in [3.63, 3.8) is 0 Å². The van der Waals surface area contributed by atoms with Gasteiger partial charge < -0.3 is 20.3 Å². The summed E-state index contributed by atoms with van der Waals surface area (Å²) in [5, 5.41) is 17.4. The normalized spacial score (nSPS) is 26.4. The molecule has 0 bridgehead atoms. The quantitative estimate of drug-likeness (QED) is 0.116. The molecular formula is C39H50ClF5N8O5S2. The van der Waals surface area contributed by atoms with Crippen molar-refractivity contribution in [1.82, 2.24) is 20.0 Å². The molecule has 3 N–H and O–H groups in total. The lowest BCUT2D eigenvalue weighted by molar-refractivity contribution is -0.133. The maximum Gasteiger partial charge on any atom is 0.311 e. The molecule has 0 spiro atoms. The van der Waals surface area contributed by atoms with Crippen LogP contribution < -0.4 is 20.9 Å². The monoisotopic (exact) mass is 904 g/mol. The van der Waals surface area contributed by atoms with Crippen LogP contribution in [0.3, 0.4) is 0 Å². The first-order chi connectivity index (χ1) is 27.4. The van der Waals surface area contributed by atoms with Gasteiger partial charge in [0.15, 0.2) is 5.11 Å². The van der Waals surface area contributed by atoms with E-state index in [-0.39, 0.29) is 78.5 Å². The second-order valence-corrected chi connectivity index (χ2v) is 19.1. The molecule has 1 unspecified atom stereocenters. The molecular weight excluding hydrogens is 855 g/mol. The minimum absolute atomic E-state index is 0. The molecule has 0 aromatic heterocycles. The molecule has 330 valence electrons. The van der Waals surface area contributed by atoms with Gasteiger partial charge in [0.1, 0.15) is 22.5 Å². The second-order valence-electron chi connectivity index (χ2n) is 16.3. The van der Waals surface area contributed by atoms with Crippen molar-refractivity contribution in [3.8, 4) is 6.07 Å². The summed E-state index contributed by atoms with van der Waals surface area (Å²) in [5.74, 6) is -1.49. The van der Waals surface area contributed by atoms with Crippen molar-refractivity contribution >= 4 is 80.7 Å². The number of ether oxygens (including phenoxy) is 1. The summed E-state index contributed by atoms with van der Waals surface area (Å²) in [4.78, 5) is 55.0. The van der Waals surface area contributed by atoms with Gasteiger partial charge in [-0.25, -0.2) is 0 Å². The number of benzene rings is 2. The fourth-order valence-electron chi connectivity index (χ4n) is 8.58. The zero-order valence-corrected chi connectivity index (χ0v) is 36.0. The number of hydrogen-bond acceptors (Lipinski definition) is 10. The zero-order valence-electron chi connectivity index (χ0n) is 33.6. The smallest absolute Gasteiger partial charge is 0.311 e. The van der Waals surface area contributed by atoms with Crippen LogP contribution in [0.2, 0.25) is 0 Å². The van der Waals surface area contributed by atoms with Gasteiger partial charge in [0.2, 0.25) is 17.7 Å². The van der Waals surface area contributed by atoms with Crippen molar-refractivity contribution in [2.45, 2.75) is 107 Å². The van der Waals surface area contributed by atoms with Crippen LogP contribution in [0, 0.1) is 11.3 Å². The van der Waals surface area contributed by atoms with Crippen molar-refractivity contribution in [3.05, 3.63) is 48.0 Å². The lowest BCUT2D eigenvalue weighted by Crippen LogP contribution is -2.58. The number of halogens is 6. The molecule has 2 aromatic carbocycles. The Morgan fingerprint density at radius 3 is 2.25 bits per heavy atom. The molecule has 3 atom stereocenters. The maximum absolute atomic E-state index is 13.9. The Morgan fingerprint density at radius 2 is 1.63 bits per heavy atom. The number of imide groups is 1. The molecule has 4 aliphatic rings. The standard InChI is InChI=1S/C39H49F5N8O5S2.ClH/c1-24-21-49(22-25(2)50(24)23-35(54)47-28-7-5-6-27(18-28)46-32-14-15-34(53)48-36(32)55)16-17-57-31-12-10-29(11-13-31)52-38(58)51(37(56)39(52,3)4)30-9-8-26(20-45)33(19-30)59(40,41,42,43)44;/h5-9,18-19,24-25,29,31-32,46H,10-17,21-23H2,1-4H3,(H,47,54)(H,48,53,55);1H/t24-,25+,29?,31?,32?;. The Balaban J connectivity index is 0.00000683. The Labute approximate surface area is 357 Å². The third-order valence-electron chi connectivity index (χ3n) is 11.5. The van der Waals surface area contributed by atoms with Gasteiger partial charge in [-0.15, -0.1) is 12.4 Å². The number of carbonyl (C=O) groups is 4. The average Bonchev–Trinajstić information content (AvgIpc) is 3.32. The van der Waals surface area contributed by atoms with Crippen LogP contribution in [0.25, 0.3) is 0 Å². The molecule has 60 heavy (non-hydrogen) atoms. The molecule has 3 saturated heterocycles. The van der Waals surface area contributed by atoms with E-state index in [2.05, 4.69) is 39.6 Å². The summed E-state index contributed by atoms with van der Waals surface area (Å²) >= 11 is 5.61. The highest BCUT2D eigenvalue weighted by atomic mass is 35.5. The zero-order chi connectivity index (χ0) is 43.1. The predicted octanol–water partition coefficient (Wildman–Crippen LogP) is 6.93. The summed E-state index contributed by atoms with van der Waals surface area (Å²) < 4.78 is 75.7. The van der Waals surface area contributed by atoms with Crippen LogP contribution >= 0.6 is 34.8 Å². The summed E-state index contributed by atoms with van der Waals surface area (Å²) in [7, 11) is -10.3. The molecule has 1 aliphatic carbocycles. The van der Waals surface area contributed by atoms with Gasteiger partial charge in [-0.05, 0) is 108 Å². The van der Waals surface area contributed by atoms with E-state index in [0.29, 0.717) is 62.7 Å². The van der Waals surface area contributed by atoms with Crippen LogP contribution in [0.4, 0.5) is 36.5 Å². The fraction of sp³-hybridized carbons (Fsp3) is 0.538. The topological polar surface area (TPSA) is 150 Å². The van der Waals surface area contributed by atoms with Gasteiger partial charge in [-0.3, -0.25) is 39.2 Å². The molecule has 6 rings (SSSR count). The van der Waals surface area contributed by atoms with Crippen LogP contribution in [0.5, 0.6) is 0 Å². The van der Waals surface area contributed by atoms with Crippen molar-refractivity contribution in [2.75, 3.05) is 48.3 Å². The summed E-state index contributed by atoms with van der Waals surface area (Å²) in [6.07, 6.45) is 3.02. The minimum atomic E-state index is -10.3. The van der Waals surface area contributed by atoms with Crippen molar-refractivity contribution < 1.29 is 43.3 Å². The first-order valence-corrected chi connectivity index (χ1v) is 21.9. The van der Waals surface area contributed by atoms with Crippen LogP contribution in [-0.2, 0) is 23.9 Å². The van der Waals surface area contributed by atoms with E-state index in [9.17, 15) is 38.6 Å². The molecule has 21 heteroatoms. The molecule has 3 aliphatic heterocycles. The third-order valence-corrected chi connectivity index (χ3v) is 13.0. The summed E-state index contributed by atoms with van der Waals surface area (Å²) in [5.41, 5.74) is -1.75. The number of piperidine rings is 1. The first-order valence-electron chi connectivity index (χ1n) is 19.5. The number of nitrogens with zero attached hydrogens (tertiary/aromatic N) is 5. The van der Waals surface area contributed by atoms with E-state index in [4.69, 9.17) is 22.2 Å². The van der Waals surface area contributed by atoms with Crippen molar-refractivity contribution in [2.24, 2.45) is 0 Å². The summed E-state index contributed by atoms with van der Waals surface area (Å²) in [6.45, 7) is 10.2. The van der Waals surface area contributed by atoms with Gasteiger partial charge in [-0.2, -0.15) is 5.26 Å². The van der Waals surface area contributed by atoms with Crippen LogP contribution in [0.15, 0.2) is 47.4 Å². The summed E-state index contributed by atoms with van der Waals surface area (Å²) in [6, 6.07) is 9.44. The van der Waals surface area contributed by atoms with E-state index in [1.165, 1.54) is 6.07 Å². The lowest BCUT2D eigenvalue weighted by atomic mass is 9.89. The predicted molar refractivity (Wildman–Crippen MR) is 225 cm³/mol. The van der Waals surface area contributed by atoms with Crippen molar-refractivity contribution in [1.29, 1.82) is 5.26 Å². The number of thiocarbonyl (C=S) groups is 1. The number of amides is 4. The minimum Gasteiger partial charge on any atom is -0.377 e. The maximum atomic E-state index is 13.9. The van der Waals surface area contributed by atoms with E-state index in [1.54, 1.807) is 43.0 Å². The highest BCUT2D eigenvalue weighted by Gasteiger charge is 2.67. The largest absolute Gasteiger partial charge is 0.377 e. The van der Waals surface area contributed by atoms with Crippen LogP contribution in [-0.4, -0.2) is 112 Å². The number of carbonyl (C=O) groups excluding carboxylic acids is 4.